The highest BCUT2D eigenvalue weighted by molar-refractivity contribution is 4.99. The zero-order valence-electron chi connectivity index (χ0n) is 5.80. The fraction of sp³-hybridized carbons (Fsp3) is 1.00. The Hall–Kier alpha value is -0.0800. The van der Waals surface area contributed by atoms with Crippen LogP contribution in [0.1, 0.15) is 19.8 Å². The first-order valence-corrected chi connectivity index (χ1v) is 3.64. The minimum atomic E-state index is -0.374. The van der Waals surface area contributed by atoms with Gasteiger partial charge in [-0.3, -0.25) is 4.90 Å². The highest BCUT2D eigenvalue weighted by Gasteiger charge is 2.43. The van der Waals surface area contributed by atoms with Gasteiger partial charge in [0.2, 0.25) is 0 Å². The highest BCUT2D eigenvalue weighted by Crippen LogP contribution is 2.34. The molecule has 0 amide bonds. The SMILES string of the molecule is CC1(O)CC2CCN2C1. The van der Waals surface area contributed by atoms with Crippen LogP contribution < -0.4 is 0 Å². The second kappa shape index (κ2) is 1.50. The Morgan fingerprint density at radius 1 is 1.67 bits per heavy atom. The summed E-state index contributed by atoms with van der Waals surface area (Å²) >= 11 is 0. The fourth-order valence-corrected chi connectivity index (χ4v) is 1.94. The van der Waals surface area contributed by atoms with E-state index in [2.05, 4.69) is 4.90 Å². The Bertz CT molecular complexity index is 119. The van der Waals surface area contributed by atoms with Crippen molar-refractivity contribution in [2.45, 2.75) is 31.4 Å². The van der Waals surface area contributed by atoms with Crippen LogP contribution in [-0.4, -0.2) is 34.7 Å². The first kappa shape index (κ1) is 5.69. The van der Waals surface area contributed by atoms with Crippen molar-refractivity contribution in [2.24, 2.45) is 0 Å². The molecule has 0 aromatic rings. The van der Waals surface area contributed by atoms with E-state index in [0.717, 1.165) is 19.0 Å². The monoisotopic (exact) mass is 127 g/mol. The molecule has 0 bridgehead atoms. The Balaban J connectivity index is 2.07. The Labute approximate surface area is 55.5 Å². The smallest absolute Gasteiger partial charge is 0.0761 e. The summed E-state index contributed by atoms with van der Waals surface area (Å²) in [7, 11) is 0. The van der Waals surface area contributed by atoms with E-state index < -0.39 is 0 Å². The molecule has 2 unspecified atom stereocenters. The minimum Gasteiger partial charge on any atom is -0.389 e. The highest BCUT2D eigenvalue weighted by atomic mass is 16.3. The van der Waals surface area contributed by atoms with Crippen LogP contribution in [-0.2, 0) is 0 Å². The van der Waals surface area contributed by atoms with Crippen molar-refractivity contribution in [3.63, 3.8) is 0 Å². The molecule has 2 aliphatic rings. The molecule has 2 nitrogen and oxygen atoms in total. The third-order valence-electron chi connectivity index (χ3n) is 2.49. The number of hydrogen-bond acceptors (Lipinski definition) is 2. The summed E-state index contributed by atoms with van der Waals surface area (Å²) in [4.78, 5) is 2.36. The molecular weight excluding hydrogens is 114 g/mol. The van der Waals surface area contributed by atoms with Crippen molar-refractivity contribution >= 4 is 0 Å². The summed E-state index contributed by atoms with van der Waals surface area (Å²) in [6.45, 7) is 4.05. The van der Waals surface area contributed by atoms with Gasteiger partial charge in [0.25, 0.3) is 0 Å². The zero-order chi connectivity index (χ0) is 6.48. The number of fused-ring (bicyclic) bond motifs is 1. The summed E-state index contributed by atoms with van der Waals surface area (Å²) in [6, 6.07) is 0.722. The van der Waals surface area contributed by atoms with E-state index >= 15 is 0 Å². The molecule has 2 heteroatoms. The average Bonchev–Trinajstić information content (AvgIpc) is 1.90. The quantitative estimate of drug-likeness (QED) is 0.503. The van der Waals surface area contributed by atoms with Gasteiger partial charge in [-0.15, -0.1) is 0 Å². The van der Waals surface area contributed by atoms with Crippen LogP contribution in [0.5, 0.6) is 0 Å². The molecule has 2 heterocycles. The van der Waals surface area contributed by atoms with E-state index in [1.54, 1.807) is 0 Å². The molecule has 0 radical (unpaired) electrons. The first-order valence-electron chi connectivity index (χ1n) is 3.64. The van der Waals surface area contributed by atoms with Crippen molar-refractivity contribution in [3.8, 4) is 0 Å². The van der Waals surface area contributed by atoms with Gasteiger partial charge in [-0.05, 0) is 19.8 Å². The predicted octanol–water partition coefficient (Wildman–Crippen LogP) is 0.215. The van der Waals surface area contributed by atoms with Crippen molar-refractivity contribution in [2.75, 3.05) is 13.1 Å². The molecule has 0 aliphatic carbocycles. The van der Waals surface area contributed by atoms with E-state index in [1.807, 2.05) is 6.92 Å². The number of nitrogens with zero attached hydrogens (tertiary/aromatic N) is 1. The predicted molar refractivity (Wildman–Crippen MR) is 35.2 cm³/mol. The van der Waals surface area contributed by atoms with Crippen LogP contribution in [0, 0.1) is 0 Å². The van der Waals surface area contributed by atoms with Gasteiger partial charge in [0.1, 0.15) is 0 Å². The molecule has 9 heavy (non-hydrogen) atoms. The summed E-state index contributed by atoms with van der Waals surface area (Å²) in [5.41, 5.74) is -0.374. The number of hydrogen-bond donors (Lipinski definition) is 1. The zero-order valence-corrected chi connectivity index (χ0v) is 5.80. The van der Waals surface area contributed by atoms with Crippen LogP contribution in [0.4, 0.5) is 0 Å². The fourth-order valence-electron chi connectivity index (χ4n) is 1.94. The minimum absolute atomic E-state index is 0.374. The average molecular weight is 127 g/mol. The lowest BCUT2D eigenvalue weighted by Crippen LogP contribution is -2.42. The molecule has 0 saturated carbocycles. The van der Waals surface area contributed by atoms with Crippen LogP contribution in [0.15, 0.2) is 0 Å². The van der Waals surface area contributed by atoms with Crippen molar-refractivity contribution < 1.29 is 5.11 Å². The summed E-state index contributed by atoms with van der Waals surface area (Å²) in [5, 5.41) is 9.53. The van der Waals surface area contributed by atoms with Crippen LogP contribution in [0.25, 0.3) is 0 Å². The molecule has 52 valence electrons. The number of aliphatic hydroxyl groups is 1. The van der Waals surface area contributed by atoms with Crippen LogP contribution >= 0.6 is 0 Å². The largest absolute Gasteiger partial charge is 0.389 e. The molecule has 0 aromatic heterocycles. The maximum absolute atomic E-state index is 9.53. The summed E-state index contributed by atoms with van der Waals surface area (Å²) in [5.74, 6) is 0. The van der Waals surface area contributed by atoms with Crippen LogP contribution in [0.3, 0.4) is 0 Å². The molecule has 2 rings (SSSR count). The van der Waals surface area contributed by atoms with Gasteiger partial charge in [0.15, 0.2) is 0 Å². The van der Waals surface area contributed by atoms with E-state index in [0.29, 0.717) is 0 Å². The second-order valence-corrected chi connectivity index (χ2v) is 3.61. The van der Waals surface area contributed by atoms with Crippen molar-refractivity contribution in [1.29, 1.82) is 0 Å². The topological polar surface area (TPSA) is 23.5 Å². The molecule has 0 aromatic carbocycles. The van der Waals surface area contributed by atoms with Gasteiger partial charge in [0, 0.05) is 19.1 Å². The Morgan fingerprint density at radius 3 is 2.67 bits per heavy atom. The van der Waals surface area contributed by atoms with Crippen LogP contribution in [0.2, 0.25) is 0 Å². The molecule has 2 saturated heterocycles. The van der Waals surface area contributed by atoms with E-state index in [-0.39, 0.29) is 5.60 Å². The third kappa shape index (κ3) is 0.775. The molecule has 2 atom stereocenters. The molecule has 2 fully saturated rings. The lowest BCUT2D eigenvalue weighted by Gasteiger charge is -2.33. The lowest BCUT2D eigenvalue weighted by atomic mass is 9.99. The van der Waals surface area contributed by atoms with Crippen molar-refractivity contribution in [3.05, 3.63) is 0 Å². The van der Waals surface area contributed by atoms with Crippen molar-refractivity contribution in [1.82, 2.24) is 4.90 Å². The first-order chi connectivity index (χ1) is 4.17. The van der Waals surface area contributed by atoms with Gasteiger partial charge in [-0.1, -0.05) is 0 Å². The second-order valence-electron chi connectivity index (χ2n) is 3.61. The van der Waals surface area contributed by atoms with Gasteiger partial charge in [0.05, 0.1) is 5.60 Å². The summed E-state index contributed by atoms with van der Waals surface area (Å²) < 4.78 is 0. The van der Waals surface area contributed by atoms with Gasteiger partial charge in [-0.25, -0.2) is 0 Å². The molecular formula is C7H13NO. The van der Waals surface area contributed by atoms with E-state index in [9.17, 15) is 5.11 Å². The van der Waals surface area contributed by atoms with E-state index in [4.69, 9.17) is 0 Å². The maximum Gasteiger partial charge on any atom is 0.0761 e. The van der Waals surface area contributed by atoms with Gasteiger partial charge in [-0.2, -0.15) is 0 Å². The third-order valence-corrected chi connectivity index (χ3v) is 2.49. The molecule has 1 N–H and O–H groups in total. The normalized spacial score (nSPS) is 50.7. The number of rotatable bonds is 0. The molecule has 2 aliphatic heterocycles. The Morgan fingerprint density at radius 2 is 2.44 bits per heavy atom. The molecule has 0 spiro atoms. The van der Waals surface area contributed by atoms with E-state index in [1.165, 1.54) is 13.0 Å². The Kier molecular flexibility index (Phi) is 0.945. The standard InChI is InChI=1S/C7H13NO/c1-7(9)4-6-2-3-8(6)5-7/h6,9H,2-5H2,1H3. The summed E-state index contributed by atoms with van der Waals surface area (Å²) in [6.07, 6.45) is 2.29. The maximum atomic E-state index is 9.53. The van der Waals surface area contributed by atoms with Gasteiger partial charge >= 0.3 is 0 Å². The van der Waals surface area contributed by atoms with Gasteiger partial charge < -0.3 is 5.11 Å². The lowest BCUT2D eigenvalue weighted by molar-refractivity contribution is 0.0676.